The SMILES string of the molecule is CN(CCCO)Cc1cccc(C(=O)c2scc(O)c2C(C)(C)C)c1. The number of nitrogens with zero attached hydrogens (tertiary/aromatic N) is 1. The third-order valence-corrected chi connectivity index (χ3v) is 5.03. The Bertz CT molecular complexity index is 731. The Hall–Kier alpha value is -1.69. The molecule has 0 aliphatic heterocycles. The van der Waals surface area contributed by atoms with E-state index < -0.39 is 0 Å². The summed E-state index contributed by atoms with van der Waals surface area (Å²) in [6.07, 6.45) is 0.735. The van der Waals surface area contributed by atoms with Crippen LogP contribution in [0.2, 0.25) is 0 Å². The van der Waals surface area contributed by atoms with E-state index in [0.29, 0.717) is 16.0 Å². The number of aliphatic hydroxyl groups is 1. The van der Waals surface area contributed by atoms with Crippen molar-refractivity contribution in [1.29, 1.82) is 0 Å². The topological polar surface area (TPSA) is 60.8 Å². The molecule has 25 heavy (non-hydrogen) atoms. The fourth-order valence-corrected chi connectivity index (χ4v) is 4.01. The maximum absolute atomic E-state index is 13.0. The second kappa shape index (κ2) is 8.13. The summed E-state index contributed by atoms with van der Waals surface area (Å²) in [4.78, 5) is 15.7. The number of carbonyl (C=O) groups excluding carboxylic acids is 1. The molecule has 4 nitrogen and oxygen atoms in total. The number of benzene rings is 1. The number of hydrogen-bond donors (Lipinski definition) is 2. The van der Waals surface area contributed by atoms with Gasteiger partial charge in [0.1, 0.15) is 5.75 Å². The van der Waals surface area contributed by atoms with Gasteiger partial charge in [-0.1, -0.05) is 39.0 Å². The first-order valence-electron chi connectivity index (χ1n) is 8.48. The first-order chi connectivity index (χ1) is 11.7. The van der Waals surface area contributed by atoms with Crippen molar-refractivity contribution in [3.8, 4) is 5.75 Å². The van der Waals surface area contributed by atoms with Gasteiger partial charge in [-0.25, -0.2) is 0 Å². The van der Waals surface area contributed by atoms with Crippen LogP contribution in [0.3, 0.4) is 0 Å². The fourth-order valence-electron chi connectivity index (χ4n) is 2.91. The van der Waals surface area contributed by atoms with Gasteiger partial charge in [0.25, 0.3) is 0 Å². The first-order valence-corrected chi connectivity index (χ1v) is 9.36. The number of rotatable bonds is 7. The Morgan fingerprint density at radius 1 is 1.28 bits per heavy atom. The van der Waals surface area contributed by atoms with E-state index in [2.05, 4.69) is 4.90 Å². The fraction of sp³-hybridized carbons (Fsp3) is 0.450. The highest BCUT2D eigenvalue weighted by molar-refractivity contribution is 7.12. The number of thiophene rings is 1. The van der Waals surface area contributed by atoms with Crippen molar-refractivity contribution < 1.29 is 15.0 Å². The highest BCUT2D eigenvalue weighted by Crippen LogP contribution is 2.39. The molecule has 0 aliphatic carbocycles. The van der Waals surface area contributed by atoms with Gasteiger partial charge in [-0.2, -0.15) is 0 Å². The minimum Gasteiger partial charge on any atom is -0.507 e. The standard InChI is InChI=1S/C20H27NO3S/c1-20(2,3)17-16(23)13-25-19(17)18(24)15-8-5-7-14(11-15)12-21(4)9-6-10-22/h5,7-8,11,13,22-23H,6,9-10,12H2,1-4H3. The van der Waals surface area contributed by atoms with E-state index in [1.54, 1.807) is 5.38 Å². The predicted molar refractivity (Wildman–Crippen MR) is 103 cm³/mol. The first kappa shape index (κ1) is 19.6. The summed E-state index contributed by atoms with van der Waals surface area (Å²) in [5.74, 6) is 0.149. The van der Waals surface area contributed by atoms with E-state index in [1.165, 1.54) is 11.3 Å². The average Bonchev–Trinajstić information content (AvgIpc) is 2.94. The molecule has 0 spiro atoms. The lowest BCUT2D eigenvalue weighted by Crippen LogP contribution is -2.20. The lowest BCUT2D eigenvalue weighted by Gasteiger charge is -2.20. The molecule has 0 atom stereocenters. The Labute approximate surface area is 153 Å². The van der Waals surface area contributed by atoms with Crippen LogP contribution < -0.4 is 0 Å². The van der Waals surface area contributed by atoms with Crippen LogP contribution in [0.15, 0.2) is 29.6 Å². The monoisotopic (exact) mass is 361 g/mol. The van der Waals surface area contributed by atoms with E-state index in [1.807, 2.05) is 52.1 Å². The van der Waals surface area contributed by atoms with Crippen LogP contribution in [0.5, 0.6) is 5.75 Å². The van der Waals surface area contributed by atoms with Gasteiger partial charge in [0.2, 0.25) is 5.78 Å². The van der Waals surface area contributed by atoms with Crippen LogP contribution in [-0.4, -0.2) is 41.1 Å². The van der Waals surface area contributed by atoms with Crippen LogP contribution in [0.25, 0.3) is 0 Å². The molecule has 136 valence electrons. The zero-order valence-electron chi connectivity index (χ0n) is 15.4. The molecule has 0 saturated carbocycles. The largest absolute Gasteiger partial charge is 0.507 e. The highest BCUT2D eigenvalue weighted by atomic mass is 32.1. The van der Waals surface area contributed by atoms with Crippen molar-refractivity contribution in [3.63, 3.8) is 0 Å². The summed E-state index contributed by atoms with van der Waals surface area (Å²) in [5, 5.41) is 20.7. The lowest BCUT2D eigenvalue weighted by molar-refractivity contribution is 0.104. The molecule has 0 amide bonds. The van der Waals surface area contributed by atoms with E-state index in [4.69, 9.17) is 5.11 Å². The Kier molecular flexibility index (Phi) is 6.38. The molecule has 1 aromatic carbocycles. The van der Waals surface area contributed by atoms with Gasteiger partial charge in [0, 0.05) is 36.2 Å². The van der Waals surface area contributed by atoms with Crippen molar-refractivity contribution in [1.82, 2.24) is 4.90 Å². The van der Waals surface area contributed by atoms with E-state index in [0.717, 1.165) is 25.1 Å². The quantitative estimate of drug-likeness (QED) is 0.737. The summed E-state index contributed by atoms with van der Waals surface area (Å²) >= 11 is 1.30. The highest BCUT2D eigenvalue weighted by Gasteiger charge is 2.28. The van der Waals surface area contributed by atoms with Crippen LogP contribution in [-0.2, 0) is 12.0 Å². The smallest absolute Gasteiger partial charge is 0.203 e. The van der Waals surface area contributed by atoms with E-state index in [9.17, 15) is 9.90 Å². The molecule has 2 rings (SSSR count). The maximum atomic E-state index is 13.0. The van der Waals surface area contributed by atoms with Gasteiger partial charge in [-0.15, -0.1) is 11.3 Å². The van der Waals surface area contributed by atoms with Crippen LogP contribution in [0.1, 0.15) is 53.6 Å². The molecule has 0 aliphatic rings. The molecule has 5 heteroatoms. The van der Waals surface area contributed by atoms with Crippen molar-refractivity contribution in [2.24, 2.45) is 0 Å². The molecule has 0 saturated heterocycles. The molecule has 2 N–H and O–H groups in total. The normalized spacial score (nSPS) is 11.9. The Morgan fingerprint density at radius 2 is 2.00 bits per heavy atom. The molecule has 2 aromatic rings. The van der Waals surface area contributed by atoms with Crippen LogP contribution in [0, 0.1) is 0 Å². The molecule has 0 fully saturated rings. The van der Waals surface area contributed by atoms with E-state index >= 15 is 0 Å². The molecular formula is C20H27NO3S. The zero-order valence-corrected chi connectivity index (χ0v) is 16.2. The molecule has 0 bridgehead atoms. The third-order valence-electron chi connectivity index (χ3n) is 4.07. The van der Waals surface area contributed by atoms with E-state index in [-0.39, 0.29) is 23.6 Å². The van der Waals surface area contributed by atoms with Gasteiger partial charge in [-0.05, 0) is 30.5 Å². The summed E-state index contributed by atoms with van der Waals surface area (Å²) in [7, 11) is 2.00. The summed E-state index contributed by atoms with van der Waals surface area (Å²) in [6.45, 7) is 7.71. The molecule has 1 heterocycles. The predicted octanol–water partition coefficient (Wildman–Crippen LogP) is 3.80. The van der Waals surface area contributed by atoms with Gasteiger partial charge in [0.15, 0.2) is 0 Å². The molecule has 0 radical (unpaired) electrons. The molecule has 0 unspecified atom stereocenters. The average molecular weight is 362 g/mol. The van der Waals surface area contributed by atoms with Gasteiger partial charge >= 0.3 is 0 Å². The lowest BCUT2D eigenvalue weighted by atomic mass is 9.85. The van der Waals surface area contributed by atoms with Crippen LogP contribution >= 0.6 is 11.3 Å². The zero-order chi connectivity index (χ0) is 18.6. The minimum atomic E-state index is -0.294. The molecule has 1 aromatic heterocycles. The van der Waals surface area contributed by atoms with Gasteiger partial charge in [0.05, 0.1) is 4.88 Å². The maximum Gasteiger partial charge on any atom is 0.203 e. The Morgan fingerprint density at radius 3 is 2.64 bits per heavy atom. The Balaban J connectivity index is 2.25. The number of aromatic hydroxyl groups is 1. The van der Waals surface area contributed by atoms with Crippen molar-refractivity contribution in [2.45, 2.75) is 39.2 Å². The number of carbonyl (C=O) groups is 1. The number of hydrogen-bond acceptors (Lipinski definition) is 5. The number of aliphatic hydroxyl groups excluding tert-OH is 1. The van der Waals surface area contributed by atoms with Crippen molar-refractivity contribution in [3.05, 3.63) is 51.2 Å². The second-order valence-corrected chi connectivity index (χ2v) is 8.30. The summed E-state index contributed by atoms with van der Waals surface area (Å²) < 4.78 is 0. The summed E-state index contributed by atoms with van der Waals surface area (Å²) in [5.41, 5.74) is 2.12. The molecular weight excluding hydrogens is 334 g/mol. The van der Waals surface area contributed by atoms with Crippen LogP contribution in [0.4, 0.5) is 0 Å². The summed E-state index contributed by atoms with van der Waals surface area (Å²) in [6, 6.07) is 7.64. The van der Waals surface area contributed by atoms with Gasteiger partial charge in [-0.3, -0.25) is 4.79 Å². The van der Waals surface area contributed by atoms with Crippen molar-refractivity contribution in [2.75, 3.05) is 20.2 Å². The second-order valence-electron chi connectivity index (χ2n) is 7.42. The van der Waals surface area contributed by atoms with Crippen molar-refractivity contribution >= 4 is 17.1 Å². The van der Waals surface area contributed by atoms with Gasteiger partial charge < -0.3 is 15.1 Å². The number of ketones is 1. The third kappa shape index (κ3) is 4.91. The minimum absolute atomic E-state index is 0.0462.